The summed E-state index contributed by atoms with van der Waals surface area (Å²) in [6, 6.07) is 71.8. The van der Waals surface area contributed by atoms with E-state index in [1.807, 2.05) is 30.3 Å². The fourth-order valence-electron chi connectivity index (χ4n) is 10.5. The fourth-order valence-corrected chi connectivity index (χ4v) is 10.8. The summed E-state index contributed by atoms with van der Waals surface area (Å²) in [5.41, 5.74) is 14.0. The molecule has 0 saturated heterocycles. The lowest BCUT2D eigenvalue weighted by Gasteiger charge is -2.07. The molecule has 0 aliphatic carbocycles. The predicted octanol–water partition coefficient (Wildman–Crippen LogP) is 17.6. The van der Waals surface area contributed by atoms with Crippen LogP contribution in [0, 0.1) is 0 Å². The van der Waals surface area contributed by atoms with Gasteiger partial charge in [-0.2, -0.15) is 0 Å². The molecule has 0 aliphatic rings. The summed E-state index contributed by atoms with van der Waals surface area (Å²) < 4.78 is 16.8. The summed E-state index contributed by atoms with van der Waals surface area (Å²) in [6.45, 7) is 0. The Morgan fingerprint density at radius 1 is 0.284 bits per heavy atom. The number of benzene rings is 10. The number of halogens is 1. The van der Waals surface area contributed by atoms with Crippen LogP contribution in [-0.4, -0.2) is 19.5 Å². The van der Waals surface area contributed by atoms with E-state index in [0.717, 1.165) is 114 Å². The summed E-state index contributed by atoms with van der Waals surface area (Å²) in [4.78, 5) is 10.6. The molecular formula is C60H37BrN4O2. The van der Waals surface area contributed by atoms with Crippen molar-refractivity contribution < 1.29 is 8.83 Å². The van der Waals surface area contributed by atoms with Gasteiger partial charge in [0.25, 0.3) is 0 Å². The van der Waals surface area contributed by atoms with Crippen LogP contribution in [0.1, 0.15) is 0 Å². The quantitative estimate of drug-likeness (QED) is 0.153. The van der Waals surface area contributed by atoms with Gasteiger partial charge >= 0.3 is 0 Å². The van der Waals surface area contributed by atoms with Crippen molar-refractivity contribution in [1.29, 1.82) is 0 Å². The molecule has 6 nitrogen and oxygen atoms in total. The van der Waals surface area contributed by atoms with Crippen molar-refractivity contribution in [3.63, 3.8) is 0 Å². The van der Waals surface area contributed by atoms with Gasteiger partial charge in [0.1, 0.15) is 22.3 Å². The highest BCUT2D eigenvalue weighted by molar-refractivity contribution is 9.10. The summed E-state index contributed by atoms with van der Waals surface area (Å²) in [5, 5.41) is 14.1. The minimum atomic E-state index is 0.948. The van der Waals surface area contributed by atoms with Crippen LogP contribution in [0.15, 0.2) is 220 Å². The van der Waals surface area contributed by atoms with Crippen LogP contribution in [0.25, 0.3) is 137 Å². The lowest BCUT2D eigenvalue weighted by Crippen LogP contribution is -1.92. The van der Waals surface area contributed by atoms with Gasteiger partial charge in [0.05, 0.1) is 49.1 Å². The van der Waals surface area contributed by atoms with E-state index >= 15 is 0 Å². The molecule has 0 unspecified atom stereocenters. The first-order chi connectivity index (χ1) is 33.2. The van der Waals surface area contributed by atoms with E-state index in [1.54, 1.807) is 0 Å². The average Bonchev–Trinajstić information content (AvgIpc) is 4.23. The van der Waals surface area contributed by atoms with Crippen molar-refractivity contribution in [2.75, 3.05) is 0 Å². The molecule has 316 valence electrons. The van der Waals surface area contributed by atoms with Gasteiger partial charge in [-0.1, -0.05) is 125 Å². The number of hydrogen-bond acceptors (Lipinski definition) is 2. The number of H-pyrrole nitrogens is 3. The first-order valence-electron chi connectivity index (χ1n) is 22.4. The Morgan fingerprint density at radius 3 is 1.10 bits per heavy atom. The molecule has 0 spiro atoms. The first kappa shape index (κ1) is 37.8. The zero-order chi connectivity index (χ0) is 44.2. The molecule has 0 bridgehead atoms. The van der Waals surface area contributed by atoms with E-state index < -0.39 is 0 Å². The molecule has 16 aromatic rings. The van der Waals surface area contributed by atoms with Gasteiger partial charge in [0.15, 0.2) is 0 Å². The highest BCUT2D eigenvalue weighted by Crippen LogP contribution is 2.44. The molecule has 16 rings (SSSR count). The lowest BCUT2D eigenvalue weighted by atomic mass is 10.1. The Labute approximate surface area is 389 Å². The minimum absolute atomic E-state index is 0.948. The monoisotopic (exact) mass is 924 g/mol. The van der Waals surface area contributed by atoms with Crippen molar-refractivity contribution in [2.24, 2.45) is 0 Å². The Morgan fingerprint density at radius 2 is 0.657 bits per heavy atom. The molecular weight excluding hydrogens is 889 g/mol. The van der Waals surface area contributed by atoms with Crippen LogP contribution in [0.2, 0.25) is 0 Å². The second-order valence-electron chi connectivity index (χ2n) is 17.1. The molecule has 0 atom stereocenters. The predicted molar refractivity (Wildman–Crippen MR) is 284 cm³/mol. The maximum absolute atomic E-state index is 6.77. The molecule has 10 aromatic carbocycles. The van der Waals surface area contributed by atoms with E-state index in [4.69, 9.17) is 8.83 Å². The molecule has 0 amide bonds. The molecule has 6 heterocycles. The van der Waals surface area contributed by atoms with Crippen molar-refractivity contribution in [2.45, 2.75) is 0 Å². The van der Waals surface area contributed by atoms with Gasteiger partial charge in [-0.3, -0.25) is 0 Å². The SMILES string of the molecule is Brc1ccccc1.c1ccc(-n2c3ccccc3c3c4oc5c(ccc6[nH]c7ccccc7c65)c4ccc32)cc1.c1ccc2c(c1)[nH]c1ccc3c4ccc5[nH]c6ccccc6c5c4oc3c12. The topological polar surface area (TPSA) is 78.6 Å². The highest BCUT2D eigenvalue weighted by Gasteiger charge is 2.21. The van der Waals surface area contributed by atoms with E-state index in [1.165, 1.54) is 27.1 Å². The van der Waals surface area contributed by atoms with E-state index in [2.05, 4.69) is 211 Å². The van der Waals surface area contributed by atoms with Gasteiger partial charge in [0.2, 0.25) is 0 Å². The number of nitrogens with zero attached hydrogens (tertiary/aromatic N) is 1. The number of para-hydroxylation sites is 5. The zero-order valence-electron chi connectivity index (χ0n) is 35.8. The van der Waals surface area contributed by atoms with Gasteiger partial charge in [-0.25, -0.2) is 0 Å². The summed E-state index contributed by atoms with van der Waals surface area (Å²) in [6.07, 6.45) is 0. The molecule has 0 fully saturated rings. The molecule has 3 N–H and O–H groups in total. The largest absolute Gasteiger partial charge is 0.455 e. The van der Waals surface area contributed by atoms with Crippen LogP contribution in [-0.2, 0) is 0 Å². The fraction of sp³-hybridized carbons (Fsp3) is 0. The lowest BCUT2D eigenvalue weighted by molar-refractivity contribution is 0.676. The highest BCUT2D eigenvalue weighted by atomic mass is 79.9. The van der Waals surface area contributed by atoms with Crippen LogP contribution in [0.5, 0.6) is 0 Å². The Bertz CT molecular complexity index is 4460. The standard InChI is InChI=1S/C30H18N2O.C24H14N2O.C6H5Br/c1-2-8-18(9-3-1)32-25-13-7-5-11-22(25)28-26(32)17-15-20-19-14-16-24-27(29(19)33-30(20)28)21-10-4-6-12-23(21)31-24;1-3-7-17-15(5-1)21-19(25-17)11-9-13-14-10-12-20-22(24(14)27-23(13)21)16-6-2-4-8-18(16)26-20;7-6-4-2-1-3-5-6/h1-17,31H;1-12,25-26H;1-5H. The Kier molecular flexibility index (Phi) is 8.33. The average molecular weight is 926 g/mol. The van der Waals surface area contributed by atoms with Gasteiger partial charge in [-0.05, 0) is 97.1 Å². The smallest absolute Gasteiger partial charge is 0.145 e. The van der Waals surface area contributed by atoms with Crippen LogP contribution < -0.4 is 0 Å². The molecule has 0 aliphatic heterocycles. The maximum atomic E-state index is 6.77. The normalized spacial score (nSPS) is 12.0. The number of nitrogens with one attached hydrogen (secondary N) is 3. The molecule has 0 radical (unpaired) electrons. The number of aromatic nitrogens is 4. The van der Waals surface area contributed by atoms with Crippen molar-refractivity contribution in [3.05, 3.63) is 211 Å². The summed E-state index contributed by atoms with van der Waals surface area (Å²) >= 11 is 3.31. The van der Waals surface area contributed by atoms with Gasteiger partial charge in [0, 0.05) is 69.8 Å². The van der Waals surface area contributed by atoms with Gasteiger partial charge in [-0.15, -0.1) is 0 Å². The van der Waals surface area contributed by atoms with E-state index in [-0.39, 0.29) is 0 Å². The molecule has 6 aromatic heterocycles. The molecule has 0 saturated carbocycles. The molecule has 7 heteroatoms. The third kappa shape index (κ3) is 5.75. The third-order valence-electron chi connectivity index (χ3n) is 13.4. The zero-order valence-corrected chi connectivity index (χ0v) is 37.4. The van der Waals surface area contributed by atoms with E-state index in [0.29, 0.717) is 0 Å². The Balaban J connectivity index is 0.000000113. The van der Waals surface area contributed by atoms with Crippen molar-refractivity contribution in [1.82, 2.24) is 19.5 Å². The number of hydrogen-bond donors (Lipinski definition) is 3. The second kappa shape index (κ2) is 14.8. The summed E-state index contributed by atoms with van der Waals surface area (Å²) in [7, 11) is 0. The van der Waals surface area contributed by atoms with Crippen LogP contribution in [0.3, 0.4) is 0 Å². The summed E-state index contributed by atoms with van der Waals surface area (Å²) in [5.74, 6) is 0. The van der Waals surface area contributed by atoms with Crippen molar-refractivity contribution >= 4 is 147 Å². The number of furan rings is 2. The second-order valence-corrected chi connectivity index (χ2v) is 18.0. The number of rotatable bonds is 1. The minimum Gasteiger partial charge on any atom is -0.455 e. The first-order valence-corrected chi connectivity index (χ1v) is 23.2. The van der Waals surface area contributed by atoms with Crippen LogP contribution in [0.4, 0.5) is 0 Å². The number of fused-ring (bicyclic) bond motifs is 22. The van der Waals surface area contributed by atoms with Crippen molar-refractivity contribution in [3.8, 4) is 5.69 Å². The van der Waals surface area contributed by atoms with Crippen LogP contribution >= 0.6 is 15.9 Å². The van der Waals surface area contributed by atoms with Gasteiger partial charge < -0.3 is 28.4 Å². The molecule has 67 heavy (non-hydrogen) atoms. The maximum Gasteiger partial charge on any atom is 0.145 e. The van der Waals surface area contributed by atoms with E-state index in [9.17, 15) is 0 Å². The Hall–Kier alpha value is -8.52. The third-order valence-corrected chi connectivity index (χ3v) is 13.9. The number of aromatic amines is 3.